The second-order valence-electron chi connectivity index (χ2n) is 5.04. The van der Waals surface area contributed by atoms with Crippen molar-refractivity contribution in [3.05, 3.63) is 54.7 Å². The van der Waals surface area contributed by atoms with Gasteiger partial charge in [-0.25, -0.2) is 0 Å². The highest BCUT2D eigenvalue weighted by atomic mass is 79.9. The third-order valence-corrected chi connectivity index (χ3v) is 6.71. The Morgan fingerprint density at radius 3 is 1.79 bits per heavy atom. The van der Waals surface area contributed by atoms with Crippen LogP contribution in [0.25, 0.3) is 0 Å². The van der Waals surface area contributed by atoms with Crippen LogP contribution in [0.15, 0.2) is 12.1 Å². The maximum Gasteiger partial charge on any atom is 0.0931 e. The first kappa shape index (κ1) is 15.1. The van der Waals surface area contributed by atoms with Crippen LogP contribution in [0.1, 0.15) is 43.1 Å². The lowest BCUT2D eigenvalue weighted by Gasteiger charge is -2.21. The van der Waals surface area contributed by atoms with Crippen molar-refractivity contribution in [3.63, 3.8) is 0 Å². The molecular formula is C16H18BrClS. The molecule has 0 spiro atoms. The second kappa shape index (κ2) is 5.59. The lowest BCUT2D eigenvalue weighted by atomic mass is 9.88. The zero-order valence-corrected chi connectivity index (χ0v) is 15.1. The molecule has 0 N–H and O–H groups in total. The number of rotatable bonds is 2. The van der Waals surface area contributed by atoms with Gasteiger partial charge >= 0.3 is 0 Å². The van der Waals surface area contributed by atoms with E-state index < -0.39 is 0 Å². The average molecular weight is 358 g/mol. The smallest absolute Gasteiger partial charge is 0.0931 e. The average Bonchev–Trinajstić information content (AvgIpc) is 2.81. The van der Waals surface area contributed by atoms with Gasteiger partial charge in [-0.3, -0.25) is 0 Å². The Hall–Kier alpha value is -0.310. The lowest BCUT2D eigenvalue weighted by molar-refractivity contribution is 1.07. The van der Waals surface area contributed by atoms with Crippen molar-refractivity contribution in [2.75, 3.05) is 0 Å². The van der Waals surface area contributed by atoms with Crippen LogP contribution < -0.4 is 0 Å². The minimum absolute atomic E-state index is 0.225. The zero-order chi connectivity index (χ0) is 14.3. The van der Waals surface area contributed by atoms with Gasteiger partial charge in [0.25, 0.3) is 0 Å². The molecule has 3 heteroatoms. The molecule has 0 aliphatic heterocycles. The fraction of sp³-hybridized carbons (Fsp3) is 0.375. The summed E-state index contributed by atoms with van der Waals surface area (Å²) in [5.74, 6) is 0. The minimum atomic E-state index is 0.225. The van der Waals surface area contributed by atoms with E-state index in [0.29, 0.717) is 0 Å². The van der Waals surface area contributed by atoms with Crippen LogP contribution in [0.5, 0.6) is 0 Å². The van der Waals surface area contributed by atoms with Crippen molar-refractivity contribution < 1.29 is 0 Å². The molecule has 1 heterocycles. The van der Waals surface area contributed by atoms with E-state index in [-0.39, 0.29) is 4.83 Å². The van der Waals surface area contributed by atoms with E-state index in [0.717, 1.165) is 4.34 Å². The topological polar surface area (TPSA) is 0 Å². The SMILES string of the molecule is Cc1c(C)c(C)c(C(Br)c2ccc(Cl)s2)c(C)c1C. The molecule has 0 aliphatic rings. The molecule has 0 fully saturated rings. The summed E-state index contributed by atoms with van der Waals surface area (Å²) in [5, 5.41) is 0. The fourth-order valence-electron chi connectivity index (χ4n) is 2.52. The van der Waals surface area contributed by atoms with Crippen molar-refractivity contribution >= 4 is 38.9 Å². The Bertz CT molecular complexity index is 599. The molecule has 0 saturated heterocycles. The van der Waals surface area contributed by atoms with Gasteiger partial charge in [-0.05, 0) is 80.1 Å². The predicted molar refractivity (Wildman–Crippen MR) is 90.2 cm³/mol. The van der Waals surface area contributed by atoms with Gasteiger partial charge in [0.2, 0.25) is 0 Å². The van der Waals surface area contributed by atoms with Crippen LogP contribution in [0.2, 0.25) is 4.34 Å². The van der Waals surface area contributed by atoms with E-state index in [1.807, 2.05) is 6.07 Å². The van der Waals surface area contributed by atoms with E-state index in [2.05, 4.69) is 56.6 Å². The number of hydrogen-bond donors (Lipinski definition) is 0. The van der Waals surface area contributed by atoms with E-state index >= 15 is 0 Å². The molecule has 1 atom stereocenters. The number of halogens is 2. The van der Waals surface area contributed by atoms with Crippen LogP contribution in [-0.2, 0) is 0 Å². The van der Waals surface area contributed by atoms with Gasteiger partial charge < -0.3 is 0 Å². The Morgan fingerprint density at radius 1 is 0.895 bits per heavy atom. The van der Waals surface area contributed by atoms with Gasteiger partial charge in [-0.1, -0.05) is 27.5 Å². The van der Waals surface area contributed by atoms with Crippen molar-refractivity contribution in [2.24, 2.45) is 0 Å². The van der Waals surface area contributed by atoms with E-state index in [9.17, 15) is 0 Å². The van der Waals surface area contributed by atoms with E-state index in [4.69, 9.17) is 11.6 Å². The van der Waals surface area contributed by atoms with Gasteiger partial charge in [0.05, 0.1) is 9.16 Å². The molecule has 0 bridgehead atoms. The molecule has 0 nitrogen and oxygen atoms in total. The predicted octanol–water partition coefficient (Wildman–Crippen LogP) is 6.43. The van der Waals surface area contributed by atoms with E-state index in [1.54, 1.807) is 11.3 Å². The van der Waals surface area contributed by atoms with Crippen LogP contribution >= 0.6 is 38.9 Å². The van der Waals surface area contributed by atoms with Crippen molar-refractivity contribution in [1.82, 2.24) is 0 Å². The molecular weight excluding hydrogens is 340 g/mol. The highest BCUT2D eigenvalue weighted by molar-refractivity contribution is 9.09. The largest absolute Gasteiger partial charge is 0.127 e. The molecule has 102 valence electrons. The summed E-state index contributed by atoms with van der Waals surface area (Å²) in [7, 11) is 0. The van der Waals surface area contributed by atoms with Crippen LogP contribution in [-0.4, -0.2) is 0 Å². The molecule has 1 aromatic carbocycles. The normalized spacial score (nSPS) is 12.8. The molecule has 0 radical (unpaired) electrons. The lowest BCUT2D eigenvalue weighted by Crippen LogP contribution is -2.04. The molecule has 2 aromatic rings. The van der Waals surface area contributed by atoms with Crippen LogP contribution in [0.3, 0.4) is 0 Å². The Balaban J connectivity index is 2.63. The summed E-state index contributed by atoms with van der Waals surface area (Å²) in [4.78, 5) is 1.49. The number of benzene rings is 1. The second-order valence-corrected chi connectivity index (χ2v) is 7.71. The van der Waals surface area contributed by atoms with Gasteiger partial charge in [0.15, 0.2) is 0 Å². The van der Waals surface area contributed by atoms with Crippen molar-refractivity contribution in [2.45, 2.75) is 39.4 Å². The fourth-order valence-corrected chi connectivity index (χ4v) is 4.68. The molecule has 1 unspecified atom stereocenters. The quantitative estimate of drug-likeness (QED) is 0.543. The number of alkyl halides is 1. The van der Waals surface area contributed by atoms with Gasteiger partial charge in [0, 0.05) is 4.88 Å². The standard InChI is InChI=1S/C16H18BrClS/c1-8-9(2)11(4)15(12(5)10(8)3)16(17)13-6-7-14(18)19-13/h6-7,16H,1-5H3. The van der Waals surface area contributed by atoms with Crippen molar-refractivity contribution in [1.29, 1.82) is 0 Å². The third kappa shape index (κ3) is 2.63. The monoisotopic (exact) mass is 356 g/mol. The molecule has 0 saturated carbocycles. The maximum absolute atomic E-state index is 6.06. The number of thiophene rings is 1. The molecule has 0 amide bonds. The first-order valence-corrected chi connectivity index (χ1v) is 8.41. The summed E-state index contributed by atoms with van der Waals surface area (Å²) < 4.78 is 0.843. The Labute approximate surface area is 132 Å². The number of hydrogen-bond acceptors (Lipinski definition) is 1. The summed E-state index contributed by atoms with van der Waals surface area (Å²) in [5.41, 5.74) is 8.34. The van der Waals surface area contributed by atoms with Crippen molar-refractivity contribution in [3.8, 4) is 0 Å². The molecule has 1 aromatic heterocycles. The highest BCUT2D eigenvalue weighted by Gasteiger charge is 2.20. The molecule has 2 rings (SSSR count). The summed E-state index contributed by atoms with van der Waals surface area (Å²) in [6, 6.07) is 4.07. The van der Waals surface area contributed by atoms with Gasteiger partial charge in [-0.2, -0.15) is 0 Å². The summed E-state index contributed by atoms with van der Waals surface area (Å²) in [6.45, 7) is 11.1. The molecule has 19 heavy (non-hydrogen) atoms. The third-order valence-electron chi connectivity index (χ3n) is 4.16. The van der Waals surface area contributed by atoms with Gasteiger partial charge in [0.1, 0.15) is 0 Å². The Morgan fingerprint density at radius 2 is 1.37 bits per heavy atom. The minimum Gasteiger partial charge on any atom is -0.127 e. The zero-order valence-electron chi connectivity index (χ0n) is 11.9. The Kier molecular flexibility index (Phi) is 4.44. The maximum atomic E-state index is 6.06. The van der Waals surface area contributed by atoms with Gasteiger partial charge in [-0.15, -0.1) is 11.3 Å². The first-order chi connectivity index (χ1) is 8.84. The first-order valence-electron chi connectivity index (χ1n) is 6.30. The summed E-state index contributed by atoms with van der Waals surface area (Å²) in [6.07, 6.45) is 0. The molecule has 0 aliphatic carbocycles. The highest BCUT2D eigenvalue weighted by Crippen LogP contribution is 2.41. The van der Waals surface area contributed by atoms with Crippen LogP contribution in [0, 0.1) is 34.6 Å². The van der Waals surface area contributed by atoms with Crippen LogP contribution in [0.4, 0.5) is 0 Å². The summed E-state index contributed by atoms with van der Waals surface area (Å²) >= 11 is 11.6. The van der Waals surface area contributed by atoms with E-state index in [1.165, 1.54) is 38.3 Å².